The summed E-state index contributed by atoms with van der Waals surface area (Å²) in [5, 5.41) is 0. The predicted molar refractivity (Wildman–Crippen MR) is 35.8 cm³/mol. The number of cyclic esters (lactones) is 2. The van der Waals surface area contributed by atoms with Crippen LogP contribution >= 0.6 is 0 Å². The molecular weight excluding hydrogens is 151 g/mol. The van der Waals surface area contributed by atoms with Crippen molar-refractivity contribution in [1.29, 1.82) is 0 Å². The van der Waals surface area contributed by atoms with Crippen LogP contribution in [0.15, 0.2) is 0 Å². The van der Waals surface area contributed by atoms with E-state index in [1.807, 2.05) is 6.92 Å². The Kier molecular flexibility index (Phi) is 2.68. The fourth-order valence-corrected chi connectivity index (χ4v) is 0.968. The zero-order valence-electron chi connectivity index (χ0n) is 6.38. The third-order valence-electron chi connectivity index (χ3n) is 1.59. The van der Waals surface area contributed by atoms with Crippen LogP contribution < -0.4 is 0 Å². The van der Waals surface area contributed by atoms with E-state index in [1.54, 1.807) is 0 Å². The molecule has 11 heavy (non-hydrogen) atoms. The molecule has 1 rings (SSSR count). The molecule has 0 aliphatic carbocycles. The molecule has 0 aromatic rings. The second-order valence-electron chi connectivity index (χ2n) is 2.52. The topological polar surface area (TPSA) is 35.5 Å². The van der Waals surface area contributed by atoms with Gasteiger partial charge >= 0.3 is 6.16 Å². The fraction of sp³-hybridized carbons (Fsp3) is 0.857. The van der Waals surface area contributed by atoms with E-state index in [9.17, 15) is 9.18 Å². The molecule has 0 bridgehead atoms. The molecule has 2 atom stereocenters. The summed E-state index contributed by atoms with van der Waals surface area (Å²) in [6, 6.07) is 0. The molecular formula is C7H11FO3. The molecule has 4 heteroatoms. The zero-order chi connectivity index (χ0) is 8.27. The minimum atomic E-state index is -1.56. The van der Waals surface area contributed by atoms with Crippen molar-refractivity contribution in [3.63, 3.8) is 0 Å². The second-order valence-corrected chi connectivity index (χ2v) is 2.52. The highest BCUT2D eigenvalue weighted by atomic mass is 19.1. The molecule has 0 saturated carbocycles. The molecule has 0 spiro atoms. The number of alkyl halides is 1. The molecule has 1 fully saturated rings. The largest absolute Gasteiger partial charge is 0.511 e. The summed E-state index contributed by atoms with van der Waals surface area (Å²) >= 11 is 0. The number of carbonyl (C=O) groups is 1. The average molecular weight is 162 g/mol. The van der Waals surface area contributed by atoms with Crippen LogP contribution in [0.3, 0.4) is 0 Å². The summed E-state index contributed by atoms with van der Waals surface area (Å²) in [5.74, 6) is 0. The normalized spacial score (nSPS) is 29.8. The molecule has 64 valence electrons. The first-order valence-corrected chi connectivity index (χ1v) is 3.75. The lowest BCUT2D eigenvalue weighted by atomic mass is 10.2. The Labute approximate surface area is 64.5 Å². The summed E-state index contributed by atoms with van der Waals surface area (Å²) in [6.07, 6.45) is -0.776. The molecule has 1 aliphatic rings. The minimum Gasteiger partial charge on any atom is -0.424 e. The van der Waals surface area contributed by atoms with Gasteiger partial charge in [-0.25, -0.2) is 4.79 Å². The maximum Gasteiger partial charge on any atom is 0.511 e. The van der Waals surface area contributed by atoms with Crippen molar-refractivity contribution in [2.45, 2.75) is 38.6 Å². The fourth-order valence-electron chi connectivity index (χ4n) is 0.968. The third-order valence-corrected chi connectivity index (χ3v) is 1.59. The Morgan fingerprint density at radius 2 is 2.27 bits per heavy atom. The molecule has 3 nitrogen and oxygen atoms in total. The van der Waals surface area contributed by atoms with Gasteiger partial charge in [0.25, 0.3) is 6.36 Å². The van der Waals surface area contributed by atoms with Gasteiger partial charge in [-0.2, -0.15) is 4.39 Å². The van der Waals surface area contributed by atoms with E-state index in [1.165, 1.54) is 0 Å². The monoisotopic (exact) mass is 162 g/mol. The van der Waals surface area contributed by atoms with Gasteiger partial charge in [0.05, 0.1) is 0 Å². The van der Waals surface area contributed by atoms with Gasteiger partial charge in [0.15, 0.2) is 6.10 Å². The molecule has 0 radical (unpaired) electrons. The van der Waals surface area contributed by atoms with Crippen LogP contribution in [0.2, 0.25) is 0 Å². The molecule has 1 saturated heterocycles. The first-order valence-electron chi connectivity index (χ1n) is 3.75. The van der Waals surface area contributed by atoms with E-state index in [0.29, 0.717) is 6.42 Å². The highest BCUT2D eigenvalue weighted by Gasteiger charge is 2.35. The summed E-state index contributed by atoms with van der Waals surface area (Å²) in [6.45, 7) is 1.99. The quantitative estimate of drug-likeness (QED) is 0.595. The van der Waals surface area contributed by atoms with Crippen molar-refractivity contribution in [2.24, 2.45) is 0 Å². The van der Waals surface area contributed by atoms with Crippen molar-refractivity contribution < 1.29 is 18.7 Å². The van der Waals surface area contributed by atoms with Crippen LogP contribution in [0.1, 0.15) is 26.2 Å². The Balaban J connectivity index is 2.28. The zero-order valence-corrected chi connectivity index (χ0v) is 6.38. The first-order chi connectivity index (χ1) is 5.24. The highest BCUT2D eigenvalue weighted by Crippen LogP contribution is 2.20. The summed E-state index contributed by atoms with van der Waals surface area (Å²) in [5.41, 5.74) is 0. The SMILES string of the molecule is CCCC[C@@H]1OC(=O)O[C@H]1F. The lowest BCUT2D eigenvalue weighted by molar-refractivity contribution is 0.0278. The summed E-state index contributed by atoms with van der Waals surface area (Å²) in [7, 11) is 0. The van der Waals surface area contributed by atoms with Crippen LogP contribution in [-0.2, 0) is 9.47 Å². The smallest absolute Gasteiger partial charge is 0.424 e. The first kappa shape index (κ1) is 8.30. The van der Waals surface area contributed by atoms with Crippen LogP contribution in [0.5, 0.6) is 0 Å². The lowest BCUT2D eigenvalue weighted by Gasteiger charge is -2.06. The van der Waals surface area contributed by atoms with Crippen molar-refractivity contribution in [1.82, 2.24) is 0 Å². The molecule has 0 amide bonds. The van der Waals surface area contributed by atoms with E-state index >= 15 is 0 Å². The maximum absolute atomic E-state index is 12.6. The second kappa shape index (κ2) is 3.55. The van der Waals surface area contributed by atoms with Gasteiger partial charge in [0.1, 0.15) is 0 Å². The number of carbonyl (C=O) groups excluding carboxylic acids is 1. The van der Waals surface area contributed by atoms with Gasteiger partial charge < -0.3 is 9.47 Å². The van der Waals surface area contributed by atoms with Crippen molar-refractivity contribution in [3.8, 4) is 0 Å². The van der Waals surface area contributed by atoms with Crippen LogP contribution in [0.25, 0.3) is 0 Å². The van der Waals surface area contributed by atoms with E-state index in [-0.39, 0.29) is 0 Å². The molecule has 0 unspecified atom stereocenters. The average Bonchev–Trinajstić information content (AvgIpc) is 2.26. The number of ether oxygens (including phenoxy) is 2. The molecule has 1 aliphatic heterocycles. The number of rotatable bonds is 3. The van der Waals surface area contributed by atoms with Crippen LogP contribution in [0, 0.1) is 0 Å². The highest BCUT2D eigenvalue weighted by molar-refractivity contribution is 5.62. The van der Waals surface area contributed by atoms with E-state index in [0.717, 1.165) is 12.8 Å². The molecule has 0 aromatic carbocycles. The third kappa shape index (κ3) is 2.06. The number of hydrogen-bond donors (Lipinski definition) is 0. The maximum atomic E-state index is 12.6. The summed E-state index contributed by atoms with van der Waals surface area (Å²) < 4.78 is 21.3. The lowest BCUT2D eigenvalue weighted by Crippen LogP contribution is -2.17. The Hall–Kier alpha value is -0.800. The van der Waals surface area contributed by atoms with E-state index < -0.39 is 18.6 Å². The number of halogens is 1. The Morgan fingerprint density at radius 1 is 1.55 bits per heavy atom. The van der Waals surface area contributed by atoms with E-state index in [2.05, 4.69) is 9.47 Å². The molecule has 0 N–H and O–H groups in total. The predicted octanol–water partition coefficient (Wildman–Crippen LogP) is 2.01. The number of unbranched alkanes of at least 4 members (excludes halogenated alkanes) is 1. The molecule has 0 aromatic heterocycles. The Morgan fingerprint density at radius 3 is 2.73 bits per heavy atom. The van der Waals surface area contributed by atoms with Gasteiger partial charge in [0.2, 0.25) is 0 Å². The van der Waals surface area contributed by atoms with Crippen molar-refractivity contribution in [2.75, 3.05) is 0 Å². The van der Waals surface area contributed by atoms with E-state index in [4.69, 9.17) is 0 Å². The van der Waals surface area contributed by atoms with Gasteiger partial charge in [-0.15, -0.1) is 0 Å². The van der Waals surface area contributed by atoms with Crippen molar-refractivity contribution in [3.05, 3.63) is 0 Å². The number of hydrogen-bond acceptors (Lipinski definition) is 3. The van der Waals surface area contributed by atoms with Gasteiger partial charge in [-0.1, -0.05) is 13.3 Å². The van der Waals surface area contributed by atoms with Crippen molar-refractivity contribution >= 4 is 6.16 Å². The van der Waals surface area contributed by atoms with Crippen LogP contribution in [0.4, 0.5) is 9.18 Å². The standard InChI is InChI=1S/C7H11FO3/c1-2-3-4-5-6(8)11-7(9)10-5/h5-6H,2-4H2,1H3/t5-,6+/m0/s1. The minimum absolute atomic E-state index is 0.545. The van der Waals surface area contributed by atoms with Gasteiger partial charge in [0, 0.05) is 0 Å². The van der Waals surface area contributed by atoms with Gasteiger partial charge in [-0.05, 0) is 12.8 Å². The Bertz CT molecular complexity index is 149. The molecule has 1 heterocycles. The summed E-state index contributed by atoms with van der Waals surface area (Å²) in [4.78, 5) is 10.3. The van der Waals surface area contributed by atoms with Crippen LogP contribution in [-0.4, -0.2) is 18.6 Å². The van der Waals surface area contributed by atoms with Gasteiger partial charge in [-0.3, -0.25) is 0 Å².